The molecule has 1 saturated heterocycles. The predicted molar refractivity (Wildman–Crippen MR) is 87.1 cm³/mol. The highest BCUT2D eigenvalue weighted by atomic mass is 32.2. The first kappa shape index (κ1) is 19.8. The fraction of sp³-hybridized carbons (Fsp3) is 1.00. The minimum absolute atomic E-state index is 0.0115. The molecule has 0 radical (unpaired) electrons. The standard InChI is InChI=1S/C12H29BN4O4S/c1-10(7-14)16(3)22(20,21)17-8-11(12(2,15)9-17)5-4-6-13(18)19/h10-11,18-19H,4-9,14-15H2,1-3H3/t10?,11-,12-/m0/s1. The van der Waals surface area contributed by atoms with Crippen molar-refractivity contribution in [1.82, 2.24) is 8.61 Å². The highest BCUT2D eigenvalue weighted by Gasteiger charge is 2.45. The van der Waals surface area contributed by atoms with Crippen LogP contribution in [0.15, 0.2) is 0 Å². The fourth-order valence-corrected chi connectivity index (χ4v) is 4.44. The van der Waals surface area contributed by atoms with Gasteiger partial charge >= 0.3 is 7.12 Å². The minimum atomic E-state index is -3.59. The van der Waals surface area contributed by atoms with Gasteiger partial charge in [0.25, 0.3) is 10.2 Å². The summed E-state index contributed by atoms with van der Waals surface area (Å²) in [7, 11) is -3.40. The quantitative estimate of drug-likeness (QED) is 0.395. The zero-order chi connectivity index (χ0) is 17.1. The van der Waals surface area contributed by atoms with Crippen molar-refractivity contribution in [1.29, 1.82) is 0 Å². The van der Waals surface area contributed by atoms with Crippen LogP contribution in [-0.2, 0) is 10.2 Å². The SMILES string of the molecule is CC(CN)N(C)S(=O)(=O)N1C[C@H](CCCB(O)O)[C@@](C)(N)C1. The third kappa shape index (κ3) is 4.64. The van der Waals surface area contributed by atoms with Gasteiger partial charge in [0.1, 0.15) is 0 Å². The second-order valence-corrected chi connectivity index (χ2v) is 8.50. The molecule has 0 aromatic carbocycles. The van der Waals surface area contributed by atoms with Gasteiger partial charge in [0.05, 0.1) is 0 Å². The molecule has 1 unspecified atom stereocenters. The average Bonchev–Trinajstić information content (AvgIpc) is 2.72. The molecule has 1 aliphatic heterocycles. The van der Waals surface area contributed by atoms with Gasteiger partial charge in [-0.2, -0.15) is 17.0 Å². The molecule has 130 valence electrons. The van der Waals surface area contributed by atoms with E-state index < -0.39 is 22.9 Å². The Morgan fingerprint density at radius 2 is 2.09 bits per heavy atom. The lowest BCUT2D eigenvalue weighted by Gasteiger charge is -2.28. The maximum atomic E-state index is 12.6. The summed E-state index contributed by atoms with van der Waals surface area (Å²) in [5, 5.41) is 17.8. The summed E-state index contributed by atoms with van der Waals surface area (Å²) in [5.74, 6) is -0.0115. The maximum absolute atomic E-state index is 12.6. The number of likely N-dealkylation sites (N-methyl/N-ethyl adjacent to an activating group) is 1. The number of nitrogens with two attached hydrogens (primary N) is 2. The molecule has 10 heteroatoms. The van der Waals surface area contributed by atoms with Crippen LogP contribution in [0.1, 0.15) is 26.7 Å². The van der Waals surface area contributed by atoms with Crippen molar-refractivity contribution in [2.24, 2.45) is 17.4 Å². The Labute approximate surface area is 133 Å². The Hall–Kier alpha value is -0.225. The van der Waals surface area contributed by atoms with E-state index in [9.17, 15) is 8.42 Å². The van der Waals surface area contributed by atoms with Crippen LogP contribution >= 0.6 is 0 Å². The highest BCUT2D eigenvalue weighted by Crippen LogP contribution is 2.32. The van der Waals surface area contributed by atoms with Crippen LogP contribution in [-0.4, -0.2) is 72.5 Å². The molecule has 1 aliphatic rings. The first-order valence-electron chi connectivity index (χ1n) is 7.60. The van der Waals surface area contributed by atoms with Crippen molar-refractivity contribution >= 4 is 17.3 Å². The van der Waals surface area contributed by atoms with Gasteiger partial charge < -0.3 is 21.5 Å². The topological polar surface area (TPSA) is 133 Å². The molecule has 0 bridgehead atoms. The molecule has 1 fully saturated rings. The Bertz CT molecular complexity index is 460. The van der Waals surface area contributed by atoms with Gasteiger partial charge in [0.2, 0.25) is 0 Å². The Morgan fingerprint density at radius 1 is 1.50 bits per heavy atom. The summed E-state index contributed by atoms with van der Waals surface area (Å²) in [4.78, 5) is 0. The molecule has 6 N–H and O–H groups in total. The number of hydrogen-bond acceptors (Lipinski definition) is 6. The van der Waals surface area contributed by atoms with E-state index in [0.717, 1.165) is 0 Å². The fourth-order valence-electron chi connectivity index (χ4n) is 2.73. The van der Waals surface area contributed by atoms with Crippen LogP contribution in [0, 0.1) is 5.92 Å². The molecule has 1 heterocycles. The van der Waals surface area contributed by atoms with E-state index >= 15 is 0 Å². The number of hydrogen-bond donors (Lipinski definition) is 4. The van der Waals surface area contributed by atoms with E-state index in [4.69, 9.17) is 21.5 Å². The molecule has 0 aromatic rings. The van der Waals surface area contributed by atoms with Crippen LogP contribution in [0.2, 0.25) is 6.32 Å². The minimum Gasteiger partial charge on any atom is -0.427 e. The predicted octanol–water partition coefficient (Wildman–Crippen LogP) is -1.59. The van der Waals surface area contributed by atoms with E-state index in [1.807, 2.05) is 6.92 Å². The van der Waals surface area contributed by atoms with Gasteiger partial charge in [-0.3, -0.25) is 0 Å². The van der Waals surface area contributed by atoms with Crippen LogP contribution in [0.5, 0.6) is 0 Å². The smallest absolute Gasteiger partial charge is 0.427 e. The summed E-state index contributed by atoms with van der Waals surface area (Å²) < 4.78 is 27.9. The highest BCUT2D eigenvalue weighted by molar-refractivity contribution is 7.86. The van der Waals surface area contributed by atoms with Crippen LogP contribution in [0.4, 0.5) is 0 Å². The molecule has 8 nitrogen and oxygen atoms in total. The third-order valence-corrected chi connectivity index (χ3v) is 6.56. The average molecular weight is 336 g/mol. The monoisotopic (exact) mass is 336 g/mol. The molecule has 0 aliphatic carbocycles. The molecule has 0 saturated carbocycles. The second-order valence-electron chi connectivity index (χ2n) is 6.52. The Balaban J connectivity index is 2.75. The lowest BCUT2D eigenvalue weighted by molar-refractivity contribution is 0.342. The van der Waals surface area contributed by atoms with Crippen molar-refractivity contribution in [3.8, 4) is 0 Å². The van der Waals surface area contributed by atoms with Gasteiger partial charge in [0.15, 0.2) is 0 Å². The van der Waals surface area contributed by atoms with Gasteiger partial charge in [-0.15, -0.1) is 0 Å². The summed E-state index contributed by atoms with van der Waals surface area (Å²) in [6.45, 7) is 4.45. The summed E-state index contributed by atoms with van der Waals surface area (Å²) in [6.07, 6.45) is 1.52. The van der Waals surface area contributed by atoms with Gasteiger partial charge in [-0.05, 0) is 32.5 Å². The van der Waals surface area contributed by atoms with Crippen LogP contribution in [0.3, 0.4) is 0 Å². The summed E-state index contributed by atoms with van der Waals surface area (Å²) >= 11 is 0. The molecular weight excluding hydrogens is 307 g/mol. The van der Waals surface area contributed by atoms with Crippen LogP contribution < -0.4 is 11.5 Å². The van der Waals surface area contributed by atoms with E-state index in [0.29, 0.717) is 19.4 Å². The van der Waals surface area contributed by atoms with Crippen LogP contribution in [0.25, 0.3) is 0 Å². The van der Waals surface area contributed by atoms with E-state index in [1.54, 1.807) is 6.92 Å². The lowest BCUT2D eigenvalue weighted by atomic mass is 9.79. The van der Waals surface area contributed by atoms with E-state index in [-0.39, 0.29) is 31.4 Å². The van der Waals surface area contributed by atoms with Crippen molar-refractivity contribution in [3.63, 3.8) is 0 Å². The van der Waals surface area contributed by atoms with E-state index in [1.165, 1.54) is 15.7 Å². The third-order valence-electron chi connectivity index (χ3n) is 4.54. The first-order chi connectivity index (χ1) is 10.0. The zero-order valence-corrected chi connectivity index (χ0v) is 14.5. The Morgan fingerprint density at radius 3 is 2.59 bits per heavy atom. The zero-order valence-electron chi connectivity index (χ0n) is 13.6. The van der Waals surface area contributed by atoms with Crippen molar-refractivity contribution in [2.45, 2.75) is 44.6 Å². The normalized spacial score (nSPS) is 28.3. The lowest BCUT2D eigenvalue weighted by Crippen LogP contribution is -2.49. The Kier molecular flexibility index (Phi) is 6.81. The molecule has 1 rings (SSSR count). The van der Waals surface area contributed by atoms with Gasteiger partial charge in [0, 0.05) is 38.3 Å². The van der Waals surface area contributed by atoms with Crippen molar-refractivity contribution in [3.05, 3.63) is 0 Å². The molecule has 3 atom stereocenters. The molecule has 0 aromatic heterocycles. The molecule has 0 amide bonds. The van der Waals surface area contributed by atoms with Gasteiger partial charge in [-0.1, -0.05) is 6.42 Å². The first-order valence-corrected chi connectivity index (χ1v) is 9.00. The number of nitrogens with zero attached hydrogens (tertiary/aromatic N) is 2. The second kappa shape index (κ2) is 7.56. The molecule has 0 spiro atoms. The maximum Gasteiger partial charge on any atom is 0.451 e. The molecular formula is C12H29BN4O4S. The largest absolute Gasteiger partial charge is 0.451 e. The van der Waals surface area contributed by atoms with Crippen molar-refractivity contribution < 1.29 is 18.5 Å². The number of rotatable bonds is 8. The van der Waals surface area contributed by atoms with Crippen molar-refractivity contribution in [2.75, 3.05) is 26.7 Å². The van der Waals surface area contributed by atoms with Gasteiger partial charge in [-0.25, -0.2) is 0 Å². The summed E-state index contributed by atoms with van der Waals surface area (Å²) in [5.41, 5.74) is 11.2. The molecule has 22 heavy (non-hydrogen) atoms. The van der Waals surface area contributed by atoms with E-state index in [2.05, 4.69) is 0 Å². The summed E-state index contributed by atoms with van der Waals surface area (Å²) in [6, 6.07) is -0.280.